The van der Waals surface area contributed by atoms with Gasteiger partial charge in [0.25, 0.3) is 0 Å². The lowest BCUT2D eigenvalue weighted by Gasteiger charge is -2.39. The molecule has 3 saturated carbocycles. The molecule has 2 bridgehead atoms. The van der Waals surface area contributed by atoms with E-state index in [-0.39, 0.29) is 11.8 Å². The average molecular weight is 418 g/mol. The second-order valence-corrected chi connectivity index (χ2v) is 12.2. The Balaban J connectivity index is 1.21. The van der Waals surface area contributed by atoms with E-state index in [1.807, 2.05) is 0 Å². The van der Waals surface area contributed by atoms with Crippen LogP contribution in [0.2, 0.25) is 0 Å². The standard InChI is InChI=1S/C23H35N3O2S/c1-22-10-7-16(13-22)18(14-22)24-21-25-20(28)23(2,29-21)17-8-11-26(12-9-17)19(27)15-5-3-4-6-15/h15-18H,3-14H2,1-2H3,(H,24,25,28)/t16?,18-,22+,23?/m0/s1. The molecule has 160 valence electrons. The van der Waals surface area contributed by atoms with E-state index in [0.717, 1.165) is 43.9 Å². The van der Waals surface area contributed by atoms with E-state index >= 15 is 0 Å². The van der Waals surface area contributed by atoms with E-state index in [2.05, 4.69) is 24.1 Å². The molecule has 3 aliphatic carbocycles. The first-order valence-electron chi connectivity index (χ1n) is 11.7. The number of hydrogen-bond acceptors (Lipinski definition) is 4. The third-order valence-corrected chi connectivity index (χ3v) is 10.0. The Labute approximate surface area is 178 Å². The highest BCUT2D eigenvalue weighted by atomic mass is 32.2. The number of thioether (sulfide) groups is 1. The lowest BCUT2D eigenvalue weighted by Crippen LogP contribution is -2.48. The van der Waals surface area contributed by atoms with Crippen LogP contribution in [-0.2, 0) is 9.59 Å². The zero-order chi connectivity index (χ0) is 20.2. The molecule has 0 aromatic heterocycles. The Kier molecular flexibility index (Phi) is 4.99. The lowest BCUT2D eigenvalue weighted by molar-refractivity contribution is -0.137. The van der Waals surface area contributed by atoms with Crippen molar-refractivity contribution in [1.82, 2.24) is 10.2 Å². The second-order valence-electron chi connectivity index (χ2n) is 10.8. The van der Waals surface area contributed by atoms with Gasteiger partial charge in [-0.3, -0.25) is 14.6 Å². The fourth-order valence-electron chi connectivity index (χ4n) is 6.76. The molecule has 6 heteroatoms. The minimum absolute atomic E-state index is 0.121. The molecule has 5 nitrogen and oxygen atoms in total. The number of aliphatic imine (C=N–C) groups is 1. The Morgan fingerprint density at radius 3 is 2.45 bits per heavy atom. The summed E-state index contributed by atoms with van der Waals surface area (Å²) in [5.41, 5.74) is 0.481. The van der Waals surface area contributed by atoms with E-state index in [1.165, 1.54) is 38.5 Å². The van der Waals surface area contributed by atoms with Gasteiger partial charge in [-0.25, -0.2) is 0 Å². The molecule has 0 spiro atoms. The molecular weight excluding hydrogens is 382 g/mol. The van der Waals surface area contributed by atoms with Crippen LogP contribution >= 0.6 is 11.8 Å². The third-order valence-electron chi connectivity index (χ3n) is 8.67. The van der Waals surface area contributed by atoms with Gasteiger partial charge in [0.1, 0.15) is 4.75 Å². The van der Waals surface area contributed by atoms with Crippen LogP contribution in [0.25, 0.3) is 0 Å². The van der Waals surface area contributed by atoms with Crippen molar-refractivity contribution in [2.45, 2.75) is 88.8 Å². The molecule has 29 heavy (non-hydrogen) atoms. The van der Waals surface area contributed by atoms with Gasteiger partial charge in [-0.15, -0.1) is 0 Å². The van der Waals surface area contributed by atoms with Crippen LogP contribution in [0.5, 0.6) is 0 Å². The smallest absolute Gasteiger partial charge is 0.242 e. The number of carbonyl (C=O) groups excluding carboxylic acids is 2. The summed E-state index contributed by atoms with van der Waals surface area (Å²) in [7, 11) is 0. The maximum Gasteiger partial charge on any atom is 0.242 e. The normalized spacial score (nSPS) is 42.2. The van der Waals surface area contributed by atoms with Gasteiger partial charge in [0, 0.05) is 19.0 Å². The number of amides is 2. The molecule has 2 amide bonds. The molecule has 2 saturated heterocycles. The SMILES string of the molecule is CC1(C2CCN(C(=O)C3CCCC3)CC2)SC(=N[C@H]2C[C@]3(C)CCC2C3)NC1=O. The molecule has 2 heterocycles. The maximum atomic E-state index is 12.9. The molecule has 5 fully saturated rings. The van der Waals surface area contributed by atoms with Gasteiger partial charge in [-0.2, -0.15) is 0 Å². The van der Waals surface area contributed by atoms with Crippen LogP contribution in [0.4, 0.5) is 0 Å². The van der Waals surface area contributed by atoms with E-state index in [1.54, 1.807) is 11.8 Å². The first-order chi connectivity index (χ1) is 13.9. The first-order valence-corrected chi connectivity index (χ1v) is 12.5. The summed E-state index contributed by atoms with van der Waals surface area (Å²) in [6, 6.07) is 0.393. The molecular formula is C23H35N3O2S. The van der Waals surface area contributed by atoms with Gasteiger partial charge < -0.3 is 10.2 Å². The number of nitrogens with one attached hydrogen (secondary N) is 1. The monoisotopic (exact) mass is 417 g/mol. The van der Waals surface area contributed by atoms with Gasteiger partial charge >= 0.3 is 0 Å². The number of fused-ring (bicyclic) bond motifs is 2. The fraction of sp³-hybridized carbons (Fsp3) is 0.870. The zero-order valence-corrected chi connectivity index (χ0v) is 18.7. The van der Waals surface area contributed by atoms with Gasteiger partial charge in [0.05, 0.1) is 6.04 Å². The van der Waals surface area contributed by atoms with Crippen LogP contribution in [0.3, 0.4) is 0 Å². The number of nitrogens with zero attached hydrogens (tertiary/aromatic N) is 2. The molecule has 5 aliphatic rings. The number of likely N-dealkylation sites (tertiary alicyclic amines) is 1. The Morgan fingerprint density at radius 2 is 1.83 bits per heavy atom. The highest BCUT2D eigenvalue weighted by Gasteiger charge is 2.51. The molecule has 0 radical (unpaired) electrons. The van der Waals surface area contributed by atoms with Crippen molar-refractivity contribution in [2.24, 2.45) is 28.2 Å². The van der Waals surface area contributed by atoms with Gasteiger partial charge in [-0.05, 0) is 75.5 Å². The van der Waals surface area contributed by atoms with E-state index in [0.29, 0.717) is 29.2 Å². The van der Waals surface area contributed by atoms with Crippen molar-refractivity contribution >= 4 is 28.7 Å². The fourth-order valence-corrected chi connectivity index (χ4v) is 8.04. The van der Waals surface area contributed by atoms with Crippen LogP contribution in [-0.4, -0.2) is 45.8 Å². The highest BCUT2D eigenvalue weighted by Crippen LogP contribution is 2.55. The molecule has 5 rings (SSSR count). The summed E-state index contributed by atoms with van der Waals surface area (Å²) in [4.78, 5) is 32.8. The van der Waals surface area contributed by atoms with Crippen LogP contribution in [0.15, 0.2) is 4.99 Å². The minimum Gasteiger partial charge on any atom is -0.342 e. The Hall–Kier alpha value is -1.04. The third kappa shape index (κ3) is 3.53. The minimum atomic E-state index is -0.442. The number of piperidine rings is 1. The van der Waals surface area contributed by atoms with E-state index in [4.69, 9.17) is 4.99 Å². The summed E-state index contributed by atoms with van der Waals surface area (Å²) in [6.07, 6.45) is 11.5. The molecule has 1 N–H and O–H groups in total. The number of hydrogen-bond donors (Lipinski definition) is 1. The average Bonchev–Trinajstić information content (AvgIpc) is 3.46. The Bertz CT molecular complexity index is 726. The van der Waals surface area contributed by atoms with Crippen molar-refractivity contribution in [2.75, 3.05) is 13.1 Å². The number of rotatable bonds is 3. The van der Waals surface area contributed by atoms with Gasteiger partial charge in [0.15, 0.2) is 5.17 Å². The Morgan fingerprint density at radius 1 is 1.10 bits per heavy atom. The van der Waals surface area contributed by atoms with Crippen molar-refractivity contribution < 1.29 is 9.59 Å². The molecule has 4 atom stereocenters. The number of amidine groups is 1. The molecule has 0 aromatic rings. The molecule has 0 aromatic carbocycles. The van der Waals surface area contributed by atoms with E-state index in [9.17, 15) is 9.59 Å². The lowest BCUT2D eigenvalue weighted by atomic mass is 9.83. The number of carbonyl (C=O) groups is 2. The van der Waals surface area contributed by atoms with Gasteiger partial charge in [-0.1, -0.05) is 31.5 Å². The maximum absolute atomic E-state index is 12.9. The van der Waals surface area contributed by atoms with Crippen LogP contribution in [0.1, 0.15) is 78.1 Å². The van der Waals surface area contributed by atoms with Gasteiger partial charge in [0.2, 0.25) is 11.8 Å². The summed E-state index contributed by atoms with van der Waals surface area (Å²) < 4.78 is -0.442. The van der Waals surface area contributed by atoms with Crippen molar-refractivity contribution in [3.63, 3.8) is 0 Å². The van der Waals surface area contributed by atoms with Crippen LogP contribution in [0, 0.1) is 23.2 Å². The molecule has 2 unspecified atom stereocenters. The quantitative estimate of drug-likeness (QED) is 0.756. The first kappa shape index (κ1) is 19.9. The van der Waals surface area contributed by atoms with Crippen molar-refractivity contribution in [3.05, 3.63) is 0 Å². The highest BCUT2D eigenvalue weighted by molar-refractivity contribution is 8.16. The van der Waals surface area contributed by atoms with Crippen molar-refractivity contribution in [1.29, 1.82) is 0 Å². The molecule has 2 aliphatic heterocycles. The van der Waals surface area contributed by atoms with Crippen LogP contribution < -0.4 is 5.32 Å². The van der Waals surface area contributed by atoms with Crippen molar-refractivity contribution in [3.8, 4) is 0 Å². The predicted octanol–water partition coefficient (Wildman–Crippen LogP) is 3.97. The zero-order valence-electron chi connectivity index (χ0n) is 17.9. The summed E-state index contributed by atoms with van der Waals surface area (Å²) in [5, 5.41) is 3.96. The topological polar surface area (TPSA) is 61.8 Å². The van der Waals surface area contributed by atoms with E-state index < -0.39 is 4.75 Å². The predicted molar refractivity (Wildman–Crippen MR) is 117 cm³/mol. The largest absolute Gasteiger partial charge is 0.342 e. The second kappa shape index (κ2) is 7.28. The summed E-state index contributed by atoms with van der Waals surface area (Å²) >= 11 is 1.66. The summed E-state index contributed by atoms with van der Waals surface area (Å²) in [6.45, 7) is 6.10. The summed E-state index contributed by atoms with van der Waals surface area (Å²) in [5.74, 6) is 1.76.